The summed E-state index contributed by atoms with van der Waals surface area (Å²) in [5, 5.41) is 0.134. The highest BCUT2D eigenvalue weighted by Gasteiger charge is 2.25. The van der Waals surface area contributed by atoms with Gasteiger partial charge in [0.25, 0.3) is 5.91 Å². The van der Waals surface area contributed by atoms with Crippen LogP contribution in [0.15, 0.2) is 23.1 Å². The molecule has 0 bridgehead atoms. The van der Waals surface area contributed by atoms with Gasteiger partial charge in [-0.3, -0.25) is 4.79 Å². The maximum Gasteiger partial charge on any atom is 0.253 e. The maximum atomic E-state index is 12.6. The van der Waals surface area contributed by atoms with Gasteiger partial charge in [-0.1, -0.05) is 25.4 Å². The number of nitrogens with zero attached hydrogens (tertiary/aromatic N) is 1. The summed E-state index contributed by atoms with van der Waals surface area (Å²) in [4.78, 5) is 14.3. The third-order valence-corrected chi connectivity index (χ3v) is 5.55. The summed E-state index contributed by atoms with van der Waals surface area (Å²) in [6, 6.07) is 4.39. The van der Waals surface area contributed by atoms with Crippen molar-refractivity contribution in [1.29, 1.82) is 0 Å². The summed E-state index contributed by atoms with van der Waals surface area (Å²) in [5.74, 6) is 0.326. The highest BCUT2D eigenvalue weighted by atomic mass is 35.5. The minimum Gasteiger partial charge on any atom is -0.378 e. The second-order valence-electron chi connectivity index (χ2n) is 6.64. The van der Waals surface area contributed by atoms with Gasteiger partial charge in [0.15, 0.2) is 9.84 Å². The number of ether oxygens (including phenoxy) is 1. The number of amides is 1. The topological polar surface area (TPSA) is 63.7 Å². The fraction of sp³-hybridized carbons (Fsp3) is 0.588. The number of carbonyl (C=O) groups excluding carboxylic acids is 1. The third-order valence-electron chi connectivity index (χ3n) is 3.97. The molecule has 0 unspecified atom stereocenters. The lowest BCUT2D eigenvalue weighted by atomic mass is 10.1. The second kappa shape index (κ2) is 7.85. The monoisotopic (exact) mass is 373 g/mol. The van der Waals surface area contributed by atoms with E-state index in [4.69, 9.17) is 16.3 Å². The molecule has 1 aromatic carbocycles. The Kier molecular flexibility index (Phi) is 6.28. The summed E-state index contributed by atoms with van der Waals surface area (Å²) >= 11 is 5.93. The first-order valence-corrected chi connectivity index (χ1v) is 10.4. The number of carbonyl (C=O) groups is 1. The van der Waals surface area contributed by atoms with Crippen molar-refractivity contribution < 1.29 is 17.9 Å². The van der Waals surface area contributed by atoms with Gasteiger partial charge in [0.1, 0.15) is 0 Å². The number of likely N-dealkylation sites (tertiary alicyclic amines) is 1. The number of hydrogen-bond acceptors (Lipinski definition) is 4. The van der Waals surface area contributed by atoms with E-state index in [1.54, 1.807) is 11.0 Å². The van der Waals surface area contributed by atoms with Gasteiger partial charge < -0.3 is 9.64 Å². The minimum absolute atomic E-state index is 0.00910. The molecule has 0 aromatic heterocycles. The fourth-order valence-electron chi connectivity index (χ4n) is 2.66. The molecule has 2 rings (SSSR count). The van der Waals surface area contributed by atoms with E-state index < -0.39 is 9.84 Å². The molecular weight excluding hydrogens is 350 g/mol. The molecule has 7 heteroatoms. The Morgan fingerprint density at radius 3 is 2.50 bits per heavy atom. The van der Waals surface area contributed by atoms with Crippen molar-refractivity contribution in [2.75, 3.05) is 26.0 Å². The average Bonchev–Trinajstić information content (AvgIpc) is 2.52. The smallest absolute Gasteiger partial charge is 0.253 e. The molecule has 1 aliphatic heterocycles. The van der Waals surface area contributed by atoms with Crippen LogP contribution < -0.4 is 0 Å². The molecule has 1 aromatic rings. The van der Waals surface area contributed by atoms with Crippen molar-refractivity contribution in [3.8, 4) is 0 Å². The standard InChI is InChI=1S/C17H24ClNO4S/c1-12(2)11-23-14-6-8-19(9-7-14)17(20)13-4-5-15(18)16(10-13)24(3,21)22/h4-5,10,12,14H,6-9,11H2,1-3H3. The van der Waals surface area contributed by atoms with Gasteiger partial charge in [-0.15, -0.1) is 0 Å². The Labute approximate surface area is 148 Å². The molecule has 1 saturated heterocycles. The van der Waals surface area contributed by atoms with Crippen molar-refractivity contribution in [1.82, 2.24) is 4.90 Å². The number of rotatable bonds is 5. The van der Waals surface area contributed by atoms with Crippen molar-refractivity contribution >= 4 is 27.3 Å². The molecule has 24 heavy (non-hydrogen) atoms. The molecule has 134 valence electrons. The van der Waals surface area contributed by atoms with Crippen LogP contribution in [0.4, 0.5) is 0 Å². The Morgan fingerprint density at radius 1 is 1.33 bits per heavy atom. The number of hydrogen-bond donors (Lipinski definition) is 0. The minimum atomic E-state index is -3.47. The largest absolute Gasteiger partial charge is 0.378 e. The Balaban J connectivity index is 2.03. The summed E-state index contributed by atoms with van der Waals surface area (Å²) < 4.78 is 29.3. The van der Waals surface area contributed by atoms with Gasteiger partial charge in [0, 0.05) is 31.5 Å². The van der Waals surface area contributed by atoms with Crippen LogP contribution >= 0.6 is 11.6 Å². The van der Waals surface area contributed by atoms with Crippen LogP contribution in [-0.2, 0) is 14.6 Å². The van der Waals surface area contributed by atoms with E-state index in [2.05, 4.69) is 13.8 Å². The molecule has 0 saturated carbocycles. The van der Waals surface area contributed by atoms with Gasteiger partial charge in [-0.2, -0.15) is 0 Å². The van der Waals surface area contributed by atoms with Gasteiger partial charge in [0.05, 0.1) is 16.0 Å². The normalized spacial score (nSPS) is 16.6. The van der Waals surface area contributed by atoms with E-state index in [1.165, 1.54) is 12.1 Å². The number of halogens is 1. The van der Waals surface area contributed by atoms with Crippen LogP contribution in [0.5, 0.6) is 0 Å². The Hall–Kier alpha value is -1.11. The number of sulfone groups is 1. The zero-order chi connectivity index (χ0) is 17.9. The summed E-state index contributed by atoms with van der Waals surface area (Å²) in [6.07, 6.45) is 2.86. The first-order valence-electron chi connectivity index (χ1n) is 8.09. The average molecular weight is 374 g/mol. The molecular formula is C17H24ClNO4S. The molecule has 0 spiro atoms. The first kappa shape index (κ1) is 19.2. The Bertz CT molecular complexity index is 695. The van der Waals surface area contributed by atoms with Crippen LogP contribution in [0.3, 0.4) is 0 Å². The zero-order valence-electron chi connectivity index (χ0n) is 14.3. The highest BCUT2D eigenvalue weighted by Crippen LogP contribution is 2.24. The SMILES string of the molecule is CC(C)COC1CCN(C(=O)c2ccc(Cl)c(S(C)(=O)=O)c2)CC1. The van der Waals surface area contributed by atoms with E-state index in [-0.39, 0.29) is 21.9 Å². The molecule has 1 amide bonds. The molecule has 0 radical (unpaired) electrons. The quantitative estimate of drug-likeness (QED) is 0.795. The molecule has 1 aliphatic rings. The molecule has 1 fully saturated rings. The van der Waals surface area contributed by atoms with E-state index in [1.807, 2.05) is 0 Å². The van der Waals surface area contributed by atoms with Gasteiger partial charge in [0.2, 0.25) is 0 Å². The predicted molar refractivity (Wildman–Crippen MR) is 94.3 cm³/mol. The fourth-order valence-corrected chi connectivity index (χ4v) is 3.96. The van der Waals surface area contributed by atoms with E-state index in [0.717, 1.165) is 25.7 Å². The van der Waals surface area contributed by atoms with Crippen molar-refractivity contribution in [3.05, 3.63) is 28.8 Å². The lowest BCUT2D eigenvalue weighted by molar-refractivity contribution is -0.00231. The van der Waals surface area contributed by atoms with E-state index in [9.17, 15) is 13.2 Å². The molecule has 0 N–H and O–H groups in total. The molecule has 0 atom stereocenters. The van der Waals surface area contributed by atoms with Crippen LogP contribution in [0, 0.1) is 5.92 Å². The van der Waals surface area contributed by atoms with Gasteiger partial charge in [-0.25, -0.2) is 8.42 Å². The zero-order valence-corrected chi connectivity index (χ0v) is 15.9. The first-order chi connectivity index (χ1) is 11.2. The van der Waals surface area contributed by atoms with Crippen molar-refractivity contribution in [3.63, 3.8) is 0 Å². The third kappa shape index (κ3) is 4.94. The molecule has 0 aliphatic carbocycles. The van der Waals surface area contributed by atoms with Crippen molar-refractivity contribution in [2.24, 2.45) is 5.92 Å². The number of piperidine rings is 1. The molecule has 1 heterocycles. The predicted octanol–water partition coefficient (Wildman–Crippen LogP) is 3.02. The lowest BCUT2D eigenvalue weighted by Gasteiger charge is -2.32. The Morgan fingerprint density at radius 2 is 1.96 bits per heavy atom. The summed E-state index contributed by atoms with van der Waals surface area (Å²) in [7, 11) is -3.47. The number of benzene rings is 1. The van der Waals surface area contributed by atoms with Crippen molar-refractivity contribution in [2.45, 2.75) is 37.7 Å². The van der Waals surface area contributed by atoms with Crippen LogP contribution in [0.25, 0.3) is 0 Å². The van der Waals surface area contributed by atoms with Crippen LogP contribution in [0.2, 0.25) is 5.02 Å². The lowest BCUT2D eigenvalue weighted by Crippen LogP contribution is -2.41. The van der Waals surface area contributed by atoms with E-state index >= 15 is 0 Å². The summed E-state index contributed by atoms with van der Waals surface area (Å²) in [6.45, 7) is 6.17. The van der Waals surface area contributed by atoms with E-state index in [0.29, 0.717) is 24.6 Å². The van der Waals surface area contributed by atoms with Crippen LogP contribution in [-0.4, -0.2) is 51.3 Å². The molecule has 5 nitrogen and oxygen atoms in total. The van der Waals surface area contributed by atoms with Crippen LogP contribution in [0.1, 0.15) is 37.0 Å². The highest BCUT2D eigenvalue weighted by molar-refractivity contribution is 7.90. The van der Waals surface area contributed by atoms with Gasteiger partial charge in [-0.05, 0) is 37.0 Å². The van der Waals surface area contributed by atoms with Gasteiger partial charge >= 0.3 is 0 Å². The second-order valence-corrected chi connectivity index (χ2v) is 9.03. The maximum absolute atomic E-state index is 12.6. The summed E-state index contributed by atoms with van der Waals surface area (Å²) in [5.41, 5.74) is 0.348.